The van der Waals surface area contributed by atoms with Crippen molar-refractivity contribution >= 4 is 28.6 Å². The van der Waals surface area contributed by atoms with Crippen molar-refractivity contribution in [2.45, 2.75) is 29.9 Å². The summed E-state index contributed by atoms with van der Waals surface area (Å²) >= 11 is 1.77. The molecular formula is C31H30NO4S-. The molecule has 1 aliphatic rings. The van der Waals surface area contributed by atoms with Gasteiger partial charge in [0.15, 0.2) is 0 Å². The molecule has 0 bridgehead atoms. The predicted molar refractivity (Wildman–Crippen MR) is 146 cm³/mol. The van der Waals surface area contributed by atoms with E-state index in [9.17, 15) is 9.90 Å². The van der Waals surface area contributed by atoms with E-state index in [0.717, 1.165) is 28.0 Å². The van der Waals surface area contributed by atoms with Crippen LogP contribution >= 0.6 is 11.8 Å². The largest absolute Gasteiger partial charge is 0.530 e. The molecule has 190 valence electrons. The maximum absolute atomic E-state index is 11.6. The van der Waals surface area contributed by atoms with E-state index in [1.165, 1.54) is 15.2 Å². The first kappa shape index (κ1) is 25.2. The standard InChI is InChI=1S/C31H31NO4S/c33-31(34)32-17-16-29(30(21-32)36-22-23-10-11-24-6-4-5-7-26(24)20-23)25-12-14-27(15-13-25)35-18-19-37-28-8-2-1-3-9-28/h1-15,20,29-30H,16-19,21-22H2,(H,33,34)/p-1. The van der Waals surface area contributed by atoms with Gasteiger partial charge in [0, 0.05) is 29.7 Å². The smallest absolute Gasteiger partial charge is 0.137 e. The fourth-order valence-corrected chi connectivity index (χ4v) is 5.56. The topological polar surface area (TPSA) is 61.8 Å². The zero-order valence-corrected chi connectivity index (χ0v) is 21.4. The number of amides is 1. The highest BCUT2D eigenvalue weighted by molar-refractivity contribution is 7.99. The molecule has 0 saturated carbocycles. The molecule has 4 aromatic rings. The summed E-state index contributed by atoms with van der Waals surface area (Å²) in [4.78, 5) is 14.2. The summed E-state index contributed by atoms with van der Waals surface area (Å²) < 4.78 is 12.3. The summed E-state index contributed by atoms with van der Waals surface area (Å²) in [7, 11) is 0. The second-order valence-electron chi connectivity index (χ2n) is 9.22. The van der Waals surface area contributed by atoms with Gasteiger partial charge in [0.2, 0.25) is 0 Å². The average molecular weight is 513 g/mol. The molecule has 2 atom stereocenters. The van der Waals surface area contributed by atoms with Crippen molar-refractivity contribution in [2.24, 2.45) is 0 Å². The fraction of sp³-hybridized carbons (Fsp3) is 0.258. The van der Waals surface area contributed by atoms with Crippen LogP contribution < -0.4 is 9.84 Å². The molecule has 0 aromatic heterocycles. The van der Waals surface area contributed by atoms with Crippen molar-refractivity contribution in [3.8, 4) is 5.75 Å². The third-order valence-electron chi connectivity index (χ3n) is 6.77. The molecule has 1 aliphatic heterocycles. The molecule has 0 N–H and O–H groups in total. The van der Waals surface area contributed by atoms with Crippen molar-refractivity contribution in [1.29, 1.82) is 0 Å². The molecular weight excluding hydrogens is 482 g/mol. The summed E-state index contributed by atoms with van der Waals surface area (Å²) in [6, 6.07) is 33.0. The number of benzene rings is 4. The highest BCUT2D eigenvalue weighted by Gasteiger charge is 2.31. The lowest BCUT2D eigenvalue weighted by Crippen LogP contribution is -2.51. The number of thioether (sulfide) groups is 1. The Bertz CT molecular complexity index is 1310. The third kappa shape index (κ3) is 6.64. The molecule has 1 saturated heterocycles. The van der Waals surface area contributed by atoms with Crippen molar-refractivity contribution in [1.82, 2.24) is 4.90 Å². The number of carboxylic acid groups (broad SMARTS) is 1. The highest BCUT2D eigenvalue weighted by atomic mass is 32.2. The molecule has 2 unspecified atom stereocenters. The van der Waals surface area contributed by atoms with E-state index in [1.807, 2.05) is 42.5 Å². The lowest BCUT2D eigenvalue weighted by atomic mass is 9.87. The van der Waals surface area contributed by atoms with Gasteiger partial charge in [0.1, 0.15) is 11.8 Å². The van der Waals surface area contributed by atoms with Gasteiger partial charge in [-0.05, 0) is 58.7 Å². The zero-order chi connectivity index (χ0) is 25.5. The van der Waals surface area contributed by atoms with Gasteiger partial charge in [-0.25, -0.2) is 0 Å². The molecule has 37 heavy (non-hydrogen) atoms. The summed E-state index contributed by atoms with van der Waals surface area (Å²) in [5, 5.41) is 13.9. The third-order valence-corrected chi connectivity index (χ3v) is 7.74. The Hall–Kier alpha value is -3.48. The zero-order valence-electron chi connectivity index (χ0n) is 20.6. The molecule has 4 aromatic carbocycles. The molecule has 0 aliphatic carbocycles. The van der Waals surface area contributed by atoms with Gasteiger partial charge >= 0.3 is 0 Å². The summed E-state index contributed by atoms with van der Waals surface area (Å²) in [6.45, 7) is 1.79. The van der Waals surface area contributed by atoms with Crippen molar-refractivity contribution < 1.29 is 19.4 Å². The quantitative estimate of drug-likeness (QED) is 0.212. The Morgan fingerprint density at radius 3 is 2.46 bits per heavy atom. The van der Waals surface area contributed by atoms with Gasteiger partial charge in [0.25, 0.3) is 0 Å². The van der Waals surface area contributed by atoms with Crippen LogP contribution in [0.2, 0.25) is 0 Å². The van der Waals surface area contributed by atoms with E-state index < -0.39 is 6.09 Å². The second-order valence-corrected chi connectivity index (χ2v) is 10.4. The minimum absolute atomic E-state index is 0.0961. The first-order chi connectivity index (χ1) is 18.2. The van der Waals surface area contributed by atoms with Crippen molar-refractivity contribution in [3.05, 3.63) is 108 Å². The van der Waals surface area contributed by atoms with Crippen molar-refractivity contribution in [3.63, 3.8) is 0 Å². The number of rotatable bonds is 9. The minimum Gasteiger partial charge on any atom is -0.530 e. The first-order valence-corrected chi connectivity index (χ1v) is 13.6. The Kier molecular flexibility index (Phi) is 8.28. The van der Waals surface area contributed by atoms with Gasteiger partial charge in [-0.1, -0.05) is 66.7 Å². The van der Waals surface area contributed by atoms with E-state index in [4.69, 9.17) is 9.47 Å². The predicted octanol–water partition coefficient (Wildman–Crippen LogP) is 5.73. The number of hydrogen-bond acceptors (Lipinski definition) is 5. The SMILES string of the molecule is O=C([O-])N1CCC(c2ccc(OCCSc3ccccc3)cc2)C(OCc2ccc3ccccc3c2)C1. The van der Waals surface area contributed by atoms with Crippen LogP contribution in [0.1, 0.15) is 23.5 Å². The maximum Gasteiger partial charge on any atom is 0.137 e. The highest BCUT2D eigenvalue weighted by Crippen LogP contribution is 2.32. The molecule has 1 heterocycles. The summed E-state index contributed by atoms with van der Waals surface area (Å²) in [5.74, 6) is 1.80. The average Bonchev–Trinajstić information content (AvgIpc) is 2.95. The van der Waals surface area contributed by atoms with Crippen LogP contribution in [-0.2, 0) is 11.3 Å². The van der Waals surface area contributed by atoms with Gasteiger partial charge in [-0.15, -0.1) is 11.8 Å². The van der Waals surface area contributed by atoms with Crippen molar-refractivity contribution in [2.75, 3.05) is 25.4 Å². The van der Waals surface area contributed by atoms with E-state index >= 15 is 0 Å². The van der Waals surface area contributed by atoms with E-state index in [0.29, 0.717) is 32.7 Å². The van der Waals surface area contributed by atoms with Crippen LogP contribution in [0, 0.1) is 0 Å². The maximum atomic E-state index is 11.6. The molecule has 5 nitrogen and oxygen atoms in total. The Morgan fingerprint density at radius 1 is 0.919 bits per heavy atom. The normalized spacial score (nSPS) is 17.6. The Balaban J connectivity index is 1.21. The number of fused-ring (bicyclic) bond motifs is 1. The summed E-state index contributed by atoms with van der Waals surface area (Å²) in [6.07, 6.45) is -0.716. The molecule has 6 heteroatoms. The van der Waals surface area contributed by atoms with E-state index in [2.05, 4.69) is 54.6 Å². The molecule has 0 spiro atoms. The van der Waals surface area contributed by atoms with E-state index in [-0.39, 0.29) is 12.0 Å². The van der Waals surface area contributed by atoms with Crippen LogP contribution in [0.5, 0.6) is 5.75 Å². The lowest BCUT2D eigenvalue weighted by molar-refractivity contribution is -0.268. The number of nitrogens with zero attached hydrogens (tertiary/aromatic N) is 1. The van der Waals surface area contributed by atoms with Gasteiger partial charge in [-0.3, -0.25) is 0 Å². The number of carbonyl (C=O) groups excluding carboxylic acids is 1. The van der Waals surface area contributed by atoms with Crippen LogP contribution in [0.25, 0.3) is 10.8 Å². The van der Waals surface area contributed by atoms with Gasteiger partial charge in [-0.2, -0.15) is 0 Å². The van der Waals surface area contributed by atoms with Crippen LogP contribution in [0.15, 0.2) is 102 Å². The van der Waals surface area contributed by atoms with Gasteiger partial charge < -0.3 is 24.3 Å². The lowest BCUT2D eigenvalue weighted by Gasteiger charge is -2.40. The minimum atomic E-state index is -1.14. The number of hydrogen-bond donors (Lipinski definition) is 0. The Labute approximate surface area is 222 Å². The number of piperidine rings is 1. The van der Waals surface area contributed by atoms with Gasteiger partial charge in [0.05, 0.1) is 19.3 Å². The monoisotopic (exact) mass is 512 g/mol. The fourth-order valence-electron chi connectivity index (χ4n) is 4.81. The summed E-state index contributed by atoms with van der Waals surface area (Å²) in [5.41, 5.74) is 2.20. The van der Waals surface area contributed by atoms with Crippen LogP contribution in [0.3, 0.4) is 0 Å². The Morgan fingerprint density at radius 2 is 1.68 bits per heavy atom. The van der Waals surface area contributed by atoms with Crippen LogP contribution in [0.4, 0.5) is 4.79 Å². The molecule has 1 fully saturated rings. The van der Waals surface area contributed by atoms with E-state index in [1.54, 1.807) is 11.8 Å². The van der Waals surface area contributed by atoms with Crippen LogP contribution in [-0.4, -0.2) is 42.5 Å². The molecule has 5 rings (SSSR count). The molecule has 0 radical (unpaired) electrons. The number of carbonyl (C=O) groups is 1. The molecule has 1 amide bonds. The number of likely N-dealkylation sites (tertiary alicyclic amines) is 1. The first-order valence-electron chi connectivity index (χ1n) is 12.6. The number of ether oxygens (including phenoxy) is 2. The second kappa shape index (κ2) is 12.2.